The van der Waals surface area contributed by atoms with Crippen LogP contribution in [0.2, 0.25) is 0 Å². The van der Waals surface area contributed by atoms with Crippen LogP contribution in [0, 0.1) is 11.7 Å². The van der Waals surface area contributed by atoms with Crippen LogP contribution in [0.4, 0.5) is 4.39 Å². The smallest absolute Gasteiger partial charge is 0.320 e. The van der Waals surface area contributed by atoms with E-state index in [1.54, 1.807) is 12.3 Å². The number of benzene rings is 1. The van der Waals surface area contributed by atoms with Gasteiger partial charge in [0.2, 0.25) is 5.88 Å². The zero-order chi connectivity index (χ0) is 20.3. The highest BCUT2D eigenvalue weighted by atomic mass is 32.1. The molecule has 3 N–H and O–H groups in total. The molecule has 9 heteroatoms. The van der Waals surface area contributed by atoms with Crippen LogP contribution in [0.25, 0.3) is 0 Å². The third kappa shape index (κ3) is 5.16. The lowest BCUT2D eigenvalue weighted by Crippen LogP contribution is -2.33. The van der Waals surface area contributed by atoms with Crippen molar-refractivity contribution in [3.05, 3.63) is 54.0 Å². The number of pyridine rings is 1. The number of nitrogens with zero attached hydrogens (tertiary/aromatic N) is 2. The van der Waals surface area contributed by atoms with Gasteiger partial charge in [0.1, 0.15) is 17.6 Å². The van der Waals surface area contributed by atoms with E-state index in [0.717, 1.165) is 12.0 Å². The van der Waals surface area contributed by atoms with E-state index in [0.29, 0.717) is 24.6 Å². The maximum atomic E-state index is 13.0. The van der Waals surface area contributed by atoms with E-state index in [-0.39, 0.29) is 22.5 Å². The summed E-state index contributed by atoms with van der Waals surface area (Å²) in [5.41, 5.74) is 6.53. The molecular weight excluding hydrogens is 401 g/mol. The van der Waals surface area contributed by atoms with Gasteiger partial charge >= 0.3 is 5.97 Å². The summed E-state index contributed by atoms with van der Waals surface area (Å²) in [5, 5.41) is 8.72. The van der Waals surface area contributed by atoms with Crippen LogP contribution in [0.1, 0.15) is 23.8 Å². The molecule has 2 heterocycles. The first-order valence-corrected chi connectivity index (χ1v) is 9.86. The maximum Gasteiger partial charge on any atom is 0.320 e. The van der Waals surface area contributed by atoms with Crippen LogP contribution >= 0.6 is 25.3 Å². The van der Waals surface area contributed by atoms with E-state index in [1.807, 2.05) is 6.07 Å². The molecule has 1 fully saturated rings. The van der Waals surface area contributed by atoms with Crippen molar-refractivity contribution in [1.29, 1.82) is 0 Å². The Hall–Kier alpha value is -1.81. The minimum atomic E-state index is -0.988. The molecule has 150 valence electrons. The zero-order valence-electron chi connectivity index (χ0n) is 15.0. The van der Waals surface area contributed by atoms with Gasteiger partial charge < -0.3 is 15.6 Å². The van der Waals surface area contributed by atoms with E-state index < -0.39 is 12.0 Å². The minimum absolute atomic E-state index is 0.0383. The molecule has 0 aliphatic carbocycles. The van der Waals surface area contributed by atoms with Crippen LogP contribution < -0.4 is 10.5 Å². The average Bonchev–Trinajstić information content (AvgIpc) is 3.03. The van der Waals surface area contributed by atoms with Crippen LogP contribution in [-0.2, 0) is 4.79 Å². The zero-order valence-corrected chi connectivity index (χ0v) is 16.8. The third-order valence-electron chi connectivity index (χ3n) is 4.71. The Balaban J connectivity index is 1.61. The average molecular weight is 424 g/mol. The fourth-order valence-corrected chi connectivity index (χ4v) is 4.28. The lowest BCUT2D eigenvalue weighted by molar-refractivity contribution is -0.138. The van der Waals surface area contributed by atoms with Crippen LogP contribution in [0.5, 0.6) is 11.6 Å². The van der Waals surface area contributed by atoms with Gasteiger partial charge in [-0.1, -0.05) is 0 Å². The molecule has 0 saturated carbocycles. The number of carboxylic acid groups (broad SMARTS) is 1. The SMILES string of the molecule is N[C@H](C[C@@H]1CC(S)N(C(S)c2ccc(Oc3ccc(F)cc3)nc2)C1)C(=O)O. The number of carboxylic acids is 1. The molecule has 0 spiro atoms. The summed E-state index contributed by atoms with van der Waals surface area (Å²) in [6, 6.07) is 8.42. The highest BCUT2D eigenvalue weighted by Gasteiger charge is 2.35. The Morgan fingerprint density at radius 2 is 2.07 bits per heavy atom. The molecule has 2 aromatic rings. The molecule has 28 heavy (non-hydrogen) atoms. The van der Waals surface area contributed by atoms with Gasteiger partial charge in [-0.25, -0.2) is 9.37 Å². The summed E-state index contributed by atoms with van der Waals surface area (Å²) in [4.78, 5) is 17.4. The van der Waals surface area contributed by atoms with Crippen LogP contribution in [0.3, 0.4) is 0 Å². The van der Waals surface area contributed by atoms with Gasteiger partial charge in [0.25, 0.3) is 0 Å². The van der Waals surface area contributed by atoms with Gasteiger partial charge in [0.15, 0.2) is 0 Å². The Morgan fingerprint density at radius 1 is 1.36 bits per heavy atom. The van der Waals surface area contributed by atoms with Crippen LogP contribution in [-0.4, -0.2) is 38.9 Å². The van der Waals surface area contributed by atoms with Crippen molar-refractivity contribution in [2.45, 2.75) is 29.6 Å². The monoisotopic (exact) mass is 423 g/mol. The molecule has 0 bridgehead atoms. The Labute approximate surface area is 173 Å². The van der Waals surface area contributed by atoms with E-state index in [4.69, 9.17) is 28.2 Å². The van der Waals surface area contributed by atoms with Crippen molar-refractivity contribution in [1.82, 2.24) is 9.88 Å². The lowest BCUT2D eigenvalue weighted by Gasteiger charge is -2.27. The summed E-state index contributed by atoms with van der Waals surface area (Å²) in [7, 11) is 0. The van der Waals surface area contributed by atoms with Crippen molar-refractivity contribution < 1.29 is 19.0 Å². The molecule has 6 nitrogen and oxygen atoms in total. The molecule has 1 aromatic heterocycles. The molecule has 0 radical (unpaired) electrons. The number of hydrogen-bond donors (Lipinski definition) is 4. The van der Waals surface area contributed by atoms with Crippen molar-refractivity contribution in [3.63, 3.8) is 0 Å². The van der Waals surface area contributed by atoms with Crippen LogP contribution in [0.15, 0.2) is 42.6 Å². The first-order valence-electron chi connectivity index (χ1n) is 8.83. The van der Waals surface area contributed by atoms with E-state index in [2.05, 4.69) is 22.5 Å². The summed E-state index contributed by atoms with van der Waals surface area (Å²) in [5.74, 6) is -0.278. The quantitative estimate of drug-likeness (QED) is 0.511. The van der Waals surface area contributed by atoms with Gasteiger partial charge in [0, 0.05) is 18.8 Å². The topological polar surface area (TPSA) is 88.7 Å². The number of nitrogens with two attached hydrogens (primary N) is 1. The molecule has 1 saturated heterocycles. The molecule has 1 aliphatic heterocycles. The number of thiol groups is 2. The Kier molecular flexibility index (Phi) is 6.82. The van der Waals surface area contributed by atoms with Gasteiger partial charge in [-0.15, -0.1) is 0 Å². The normalized spacial score (nSPS) is 22.0. The summed E-state index contributed by atoms with van der Waals surface area (Å²) < 4.78 is 18.6. The predicted molar refractivity (Wildman–Crippen MR) is 110 cm³/mol. The van der Waals surface area contributed by atoms with Gasteiger partial charge in [0.05, 0.1) is 10.7 Å². The first-order chi connectivity index (χ1) is 13.3. The van der Waals surface area contributed by atoms with Crippen molar-refractivity contribution >= 4 is 31.2 Å². The highest BCUT2D eigenvalue weighted by molar-refractivity contribution is 7.81. The number of rotatable bonds is 7. The van der Waals surface area contributed by atoms with E-state index >= 15 is 0 Å². The molecular formula is C19H22FN3O3S2. The number of hydrogen-bond acceptors (Lipinski definition) is 7. The highest BCUT2D eigenvalue weighted by Crippen LogP contribution is 2.37. The Bertz CT molecular complexity index is 807. The fourth-order valence-electron chi connectivity index (χ4n) is 3.24. The fraction of sp³-hybridized carbons (Fsp3) is 0.368. The van der Waals surface area contributed by atoms with Crippen molar-refractivity contribution in [2.75, 3.05) is 6.54 Å². The summed E-state index contributed by atoms with van der Waals surface area (Å²) >= 11 is 9.32. The lowest BCUT2D eigenvalue weighted by atomic mass is 10.00. The third-order valence-corrected chi connectivity index (χ3v) is 5.81. The molecule has 4 atom stereocenters. The number of likely N-dealkylation sites (tertiary alicyclic amines) is 1. The van der Waals surface area contributed by atoms with E-state index in [9.17, 15) is 9.18 Å². The van der Waals surface area contributed by atoms with E-state index in [1.165, 1.54) is 24.3 Å². The predicted octanol–water partition coefficient (Wildman–Crippen LogP) is 3.32. The minimum Gasteiger partial charge on any atom is -0.480 e. The summed E-state index contributed by atoms with van der Waals surface area (Å²) in [6.07, 6.45) is 2.83. The van der Waals surface area contributed by atoms with Gasteiger partial charge in [-0.3, -0.25) is 9.69 Å². The number of aliphatic carboxylic acids is 1. The first kappa shape index (κ1) is 20.9. The Morgan fingerprint density at radius 3 is 2.68 bits per heavy atom. The molecule has 0 amide bonds. The van der Waals surface area contributed by atoms with Gasteiger partial charge in [-0.2, -0.15) is 25.3 Å². The largest absolute Gasteiger partial charge is 0.480 e. The number of carbonyl (C=O) groups is 1. The summed E-state index contributed by atoms with van der Waals surface area (Å²) in [6.45, 7) is 0.664. The molecule has 2 unspecified atom stereocenters. The second kappa shape index (κ2) is 9.13. The number of halogens is 1. The second-order valence-electron chi connectivity index (χ2n) is 6.82. The molecule has 3 rings (SSSR count). The van der Waals surface area contributed by atoms with Crippen molar-refractivity contribution in [3.8, 4) is 11.6 Å². The van der Waals surface area contributed by atoms with Gasteiger partial charge in [-0.05, 0) is 54.7 Å². The number of aromatic nitrogens is 1. The second-order valence-corrected chi connectivity index (χ2v) is 7.90. The number of ether oxygens (including phenoxy) is 1. The maximum absolute atomic E-state index is 13.0. The standard InChI is InChI=1S/C19H22FN3O3S2/c20-13-2-4-14(5-3-13)26-16-6-1-12(9-22-16)18(28)23-10-11(8-17(23)27)7-15(21)19(24)25/h1-6,9,11,15,17-18,27-28H,7-8,10,21H2,(H,24,25)/t11-,15-,17?,18?/m1/s1. The molecule has 1 aliphatic rings. The molecule has 1 aromatic carbocycles. The van der Waals surface area contributed by atoms with Crippen molar-refractivity contribution in [2.24, 2.45) is 11.7 Å².